The van der Waals surface area contributed by atoms with Crippen molar-refractivity contribution in [1.82, 2.24) is 10.2 Å². The van der Waals surface area contributed by atoms with E-state index in [0.29, 0.717) is 6.54 Å². The summed E-state index contributed by atoms with van der Waals surface area (Å²) in [6.07, 6.45) is 4.61. The van der Waals surface area contributed by atoms with Crippen LogP contribution in [0.1, 0.15) is 46.5 Å². The van der Waals surface area contributed by atoms with Gasteiger partial charge in [-0.25, -0.2) is 4.79 Å². The van der Waals surface area contributed by atoms with Crippen LogP contribution in [-0.2, 0) is 4.79 Å². The largest absolute Gasteiger partial charge is 0.480 e. The second-order valence-corrected chi connectivity index (χ2v) is 5.53. The fourth-order valence-corrected chi connectivity index (χ4v) is 1.67. The van der Waals surface area contributed by atoms with Gasteiger partial charge in [0.15, 0.2) is 0 Å². The van der Waals surface area contributed by atoms with E-state index < -0.39 is 5.97 Å². The number of nitrogens with one attached hydrogen (secondary N) is 1. The molecular formula is C13H26N2O3. The molecule has 0 aromatic carbocycles. The highest BCUT2D eigenvalue weighted by Crippen LogP contribution is 2.22. The summed E-state index contributed by atoms with van der Waals surface area (Å²) in [5, 5.41) is 11.4. The van der Waals surface area contributed by atoms with Gasteiger partial charge in [0.2, 0.25) is 0 Å². The van der Waals surface area contributed by atoms with Crippen LogP contribution in [0.3, 0.4) is 0 Å². The van der Waals surface area contributed by atoms with Gasteiger partial charge in [-0.1, -0.05) is 40.0 Å². The Bertz CT molecular complexity index is 277. The number of rotatable bonds is 8. The lowest BCUT2D eigenvalue weighted by Gasteiger charge is -2.26. The number of unbranched alkanes of at least 4 members (excludes halogenated alkanes) is 2. The Morgan fingerprint density at radius 2 is 1.89 bits per heavy atom. The number of hydrogen-bond acceptors (Lipinski definition) is 2. The molecule has 0 unspecified atom stereocenters. The third kappa shape index (κ3) is 7.92. The zero-order valence-electron chi connectivity index (χ0n) is 12.0. The number of carbonyl (C=O) groups excluding carboxylic acids is 1. The van der Waals surface area contributed by atoms with Gasteiger partial charge in [0.1, 0.15) is 6.54 Å². The van der Waals surface area contributed by atoms with Crippen LogP contribution in [0, 0.1) is 5.41 Å². The summed E-state index contributed by atoms with van der Waals surface area (Å²) in [5.74, 6) is -1.00. The van der Waals surface area contributed by atoms with Crippen molar-refractivity contribution < 1.29 is 14.7 Å². The Morgan fingerprint density at radius 3 is 2.39 bits per heavy atom. The molecule has 0 radical (unpaired) electrons. The molecule has 0 saturated heterocycles. The Balaban J connectivity index is 3.98. The second kappa shape index (κ2) is 7.95. The molecule has 0 atom stereocenters. The topological polar surface area (TPSA) is 69.6 Å². The van der Waals surface area contributed by atoms with E-state index in [1.807, 2.05) is 0 Å². The van der Waals surface area contributed by atoms with E-state index in [-0.39, 0.29) is 18.0 Å². The highest BCUT2D eigenvalue weighted by atomic mass is 16.4. The minimum Gasteiger partial charge on any atom is -0.480 e. The molecule has 0 saturated carbocycles. The number of amides is 2. The zero-order valence-corrected chi connectivity index (χ0v) is 12.0. The third-order valence-electron chi connectivity index (χ3n) is 2.89. The summed E-state index contributed by atoms with van der Waals surface area (Å²) in [6, 6.07) is -0.332. The maximum absolute atomic E-state index is 11.6. The van der Waals surface area contributed by atoms with Gasteiger partial charge in [0.25, 0.3) is 0 Å². The smallest absolute Gasteiger partial charge is 0.323 e. The van der Waals surface area contributed by atoms with Crippen LogP contribution >= 0.6 is 0 Å². The highest BCUT2D eigenvalue weighted by Gasteiger charge is 2.20. The number of hydrogen-bond donors (Lipinski definition) is 2. The SMILES string of the molecule is CCCCCC(C)(C)CNC(=O)N(C)CC(=O)O. The zero-order chi connectivity index (χ0) is 14.2. The average Bonchev–Trinajstić information content (AvgIpc) is 2.25. The molecule has 0 aromatic rings. The van der Waals surface area contributed by atoms with Crippen molar-refractivity contribution in [2.45, 2.75) is 46.5 Å². The van der Waals surface area contributed by atoms with Crippen molar-refractivity contribution in [2.24, 2.45) is 5.41 Å². The summed E-state index contributed by atoms with van der Waals surface area (Å²) in [4.78, 5) is 23.2. The minimum atomic E-state index is -1.00. The first-order valence-corrected chi connectivity index (χ1v) is 6.49. The fraction of sp³-hybridized carbons (Fsp3) is 0.846. The molecule has 18 heavy (non-hydrogen) atoms. The van der Waals surface area contributed by atoms with Crippen LogP contribution in [0.15, 0.2) is 0 Å². The van der Waals surface area contributed by atoms with Gasteiger partial charge in [0.05, 0.1) is 0 Å². The Labute approximate surface area is 110 Å². The number of likely N-dealkylation sites (N-methyl/N-ethyl adjacent to an activating group) is 1. The van der Waals surface area contributed by atoms with Crippen molar-refractivity contribution in [1.29, 1.82) is 0 Å². The lowest BCUT2D eigenvalue weighted by Crippen LogP contribution is -2.43. The van der Waals surface area contributed by atoms with Crippen molar-refractivity contribution in [3.63, 3.8) is 0 Å². The van der Waals surface area contributed by atoms with Gasteiger partial charge in [-0.2, -0.15) is 0 Å². The van der Waals surface area contributed by atoms with Crippen LogP contribution in [0.5, 0.6) is 0 Å². The first kappa shape index (κ1) is 16.7. The van der Waals surface area contributed by atoms with E-state index in [0.717, 1.165) is 12.8 Å². The van der Waals surface area contributed by atoms with Gasteiger partial charge in [-0.3, -0.25) is 4.79 Å². The minimum absolute atomic E-state index is 0.0505. The van der Waals surface area contributed by atoms with Gasteiger partial charge in [0, 0.05) is 13.6 Å². The normalized spacial score (nSPS) is 11.1. The number of urea groups is 1. The molecule has 0 rings (SSSR count). The summed E-state index contributed by atoms with van der Waals surface area (Å²) < 4.78 is 0. The summed E-state index contributed by atoms with van der Waals surface area (Å²) in [6.45, 7) is 6.68. The average molecular weight is 258 g/mol. The van der Waals surface area contributed by atoms with Crippen molar-refractivity contribution in [2.75, 3.05) is 20.1 Å². The van der Waals surface area contributed by atoms with Gasteiger partial charge < -0.3 is 15.3 Å². The van der Waals surface area contributed by atoms with Crippen molar-refractivity contribution in [3.8, 4) is 0 Å². The van der Waals surface area contributed by atoms with Crippen LogP contribution in [0.2, 0.25) is 0 Å². The summed E-state index contributed by atoms with van der Waals surface area (Å²) in [5.41, 5.74) is 0.0505. The number of carboxylic acids is 1. The lowest BCUT2D eigenvalue weighted by atomic mass is 9.87. The molecule has 106 valence electrons. The van der Waals surface area contributed by atoms with Crippen molar-refractivity contribution in [3.05, 3.63) is 0 Å². The molecule has 0 bridgehead atoms. The van der Waals surface area contributed by atoms with E-state index in [9.17, 15) is 9.59 Å². The monoisotopic (exact) mass is 258 g/mol. The molecule has 2 amide bonds. The Morgan fingerprint density at radius 1 is 1.28 bits per heavy atom. The van der Waals surface area contributed by atoms with Crippen molar-refractivity contribution >= 4 is 12.0 Å². The van der Waals surface area contributed by atoms with E-state index in [1.165, 1.54) is 24.8 Å². The predicted octanol–water partition coefficient (Wildman–Crippen LogP) is 2.32. The van der Waals surface area contributed by atoms with Crippen LogP contribution < -0.4 is 5.32 Å². The predicted molar refractivity (Wildman–Crippen MR) is 71.6 cm³/mol. The molecule has 0 aliphatic carbocycles. The van der Waals surface area contributed by atoms with Crippen LogP contribution in [-0.4, -0.2) is 42.1 Å². The number of aliphatic carboxylic acids is 1. The standard InChI is InChI=1S/C13H26N2O3/c1-5-6-7-8-13(2,3)10-14-12(18)15(4)9-11(16)17/h5-10H2,1-4H3,(H,14,18)(H,16,17). The summed E-state index contributed by atoms with van der Waals surface area (Å²) in [7, 11) is 1.48. The molecule has 5 heteroatoms. The summed E-state index contributed by atoms with van der Waals surface area (Å²) >= 11 is 0. The van der Waals surface area contributed by atoms with E-state index in [1.54, 1.807) is 0 Å². The quantitative estimate of drug-likeness (QED) is 0.656. The number of carbonyl (C=O) groups is 2. The molecule has 2 N–H and O–H groups in total. The third-order valence-corrected chi connectivity index (χ3v) is 2.89. The van der Waals surface area contributed by atoms with E-state index in [2.05, 4.69) is 26.1 Å². The molecule has 0 spiro atoms. The highest BCUT2D eigenvalue weighted by molar-refractivity contribution is 5.79. The maximum atomic E-state index is 11.6. The molecule has 0 fully saturated rings. The fourth-order valence-electron chi connectivity index (χ4n) is 1.67. The molecule has 0 aliphatic rings. The Hall–Kier alpha value is -1.26. The van der Waals surface area contributed by atoms with E-state index in [4.69, 9.17) is 5.11 Å². The number of nitrogens with zero attached hydrogens (tertiary/aromatic N) is 1. The van der Waals surface area contributed by atoms with Crippen LogP contribution in [0.25, 0.3) is 0 Å². The molecule has 0 aliphatic heterocycles. The van der Waals surface area contributed by atoms with Gasteiger partial charge in [-0.05, 0) is 11.8 Å². The first-order valence-electron chi connectivity index (χ1n) is 6.49. The lowest BCUT2D eigenvalue weighted by molar-refractivity contribution is -0.137. The van der Waals surface area contributed by atoms with E-state index >= 15 is 0 Å². The molecule has 0 aromatic heterocycles. The Kier molecular flexibility index (Phi) is 7.39. The second-order valence-electron chi connectivity index (χ2n) is 5.53. The first-order chi connectivity index (χ1) is 8.28. The maximum Gasteiger partial charge on any atom is 0.323 e. The molecule has 5 nitrogen and oxygen atoms in total. The molecular weight excluding hydrogens is 232 g/mol. The van der Waals surface area contributed by atoms with Gasteiger partial charge in [-0.15, -0.1) is 0 Å². The number of carboxylic acid groups (broad SMARTS) is 1. The van der Waals surface area contributed by atoms with Gasteiger partial charge >= 0.3 is 12.0 Å². The van der Waals surface area contributed by atoms with Crippen LogP contribution in [0.4, 0.5) is 4.79 Å². The molecule has 0 heterocycles.